The minimum absolute atomic E-state index is 0.211. The topological polar surface area (TPSA) is 115 Å². The summed E-state index contributed by atoms with van der Waals surface area (Å²) in [6.07, 6.45) is 1.32. The molecule has 186 valence electrons. The standard InChI is InChI=1S/C25H21BrClN3O6/c1-34-21-9-7-15(12-22(21)35-2)25(33)36-20-10-8-17(26)11-16(20)13-29-30-23(31)14-28-24(32)18-5-3-4-6-19(18)27/h3-13H,14H2,1-2H3,(H,28,32)(H,30,31). The second-order valence-electron chi connectivity index (χ2n) is 7.10. The Morgan fingerprint density at radius 3 is 2.42 bits per heavy atom. The number of benzene rings is 3. The van der Waals surface area contributed by atoms with Gasteiger partial charge in [-0.25, -0.2) is 10.2 Å². The van der Waals surface area contributed by atoms with Gasteiger partial charge in [0.2, 0.25) is 0 Å². The third-order valence-electron chi connectivity index (χ3n) is 4.71. The van der Waals surface area contributed by atoms with E-state index >= 15 is 0 Å². The first-order valence-electron chi connectivity index (χ1n) is 10.4. The van der Waals surface area contributed by atoms with Crippen molar-refractivity contribution in [2.24, 2.45) is 5.10 Å². The predicted molar refractivity (Wildman–Crippen MR) is 138 cm³/mol. The lowest BCUT2D eigenvalue weighted by atomic mass is 10.2. The molecule has 0 radical (unpaired) electrons. The molecule has 0 aromatic heterocycles. The van der Waals surface area contributed by atoms with Gasteiger partial charge in [-0.3, -0.25) is 9.59 Å². The van der Waals surface area contributed by atoms with Crippen LogP contribution in [0.4, 0.5) is 0 Å². The number of esters is 1. The van der Waals surface area contributed by atoms with Gasteiger partial charge in [0.05, 0.1) is 43.1 Å². The molecule has 0 aliphatic heterocycles. The van der Waals surface area contributed by atoms with Crippen molar-refractivity contribution < 1.29 is 28.6 Å². The Morgan fingerprint density at radius 2 is 1.69 bits per heavy atom. The van der Waals surface area contributed by atoms with E-state index in [4.69, 9.17) is 25.8 Å². The Kier molecular flexibility index (Phi) is 9.43. The van der Waals surface area contributed by atoms with E-state index in [0.717, 1.165) is 0 Å². The van der Waals surface area contributed by atoms with Crippen LogP contribution in [0.25, 0.3) is 0 Å². The molecule has 0 aliphatic rings. The molecular weight excluding hydrogens is 554 g/mol. The summed E-state index contributed by atoms with van der Waals surface area (Å²) in [7, 11) is 2.96. The van der Waals surface area contributed by atoms with Crippen LogP contribution in [0.5, 0.6) is 17.2 Å². The van der Waals surface area contributed by atoms with E-state index in [1.165, 1.54) is 26.5 Å². The van der Waals surface area contributed by atoms with Gasteiger partial charge in [0.25, 0.3) is 11.8 Å². The number of hydrogen-bond acceptors (Lipinski definition) is 7. The summed E-state index contributed by atoms with van der Waals surface area (Å²) in [5, 5.41) is 6.63. The van der Waals surface area contributed by atoms with Gasteiger partial charge in [-0.05, 0) is 48.5 Å². The van der Waals surface area contributed by atoms with E-state index in [-0.39, 0.29) is 28.4 Å². The zero-order valence-electron chi connectivity index (χ0n) is 19.2. The zero-order chi connectivity index (χ0) is 26.1. The molecule has 0 spiro atoms. The first-order chi connectivity index (χ1) is 17.3. The highest BCUT2D eigenvalue weighted by atomic mass is 79.9. The fraction of sp³-hybridized carbons (Fsp3) is 0.120. The molecule has 0 atom stereocenters. The largest absolute Gasteiger partial charge is 0.493 e. The summed E-state index contributed by atoms with van der Waals surface area (Å²) in [6, 6.07) is 16.1. The number of carbonyl (C=O) groups excluding carboxylic acids is 3. The van der Waals surface area contributed by atoms with Crippen LogP contribution in [0.15, 0.2) is 70.2 Å². The molecule has 0 bridgehead atoms. The predicted octanol–water partition coefficient (Wildman–Crippen LogP) is 4.22. The van der Waals surface area contributed by atoms with E-state index in [0.29, 0.717) is 21.5 Å². The van der Waals surface area contributed by atoms with Crippen molar-refractivity contribution in [1.29, 1.82) is 0 Å². The molecule has 0 saturated carbocycles. The Bertz CT molecular complexity index is 1310. The first kappa shape index (κ1) is 26.7. The van der Waals surface area contributed by atoms with Gasteiger partial charge in [0.15, 0.2) is 11.5 Å². The number of hydrazone groups is 1. The summed E-state index contributed by atoms with van der Waals surface area (Å²) >= 11 is 9.33. The Labute approximate surface area is 220 Å². The monoisotopic (exact) mass is 573 g/mol. The Morgan fingerprint density at radius 1 is 0.972 bits per heavy atom. The second kappa shape index (κ2) is 12.7. The molecule has 0 unspecified atom stereocenters. The number of carbonyl (C=O) groups is 3. The maximum atomic E-state index is 12.7. The van der Waals surface area contributed by atoms with E-state index in [1.54, 1.807) is 54.6 Å². The van der Waals surface area contributed by atoms with Crippen LogP contribution in [-0.2, 0) is 4.79 Å². The number of nitrogens with zero attached hydrogens (tertiary/aromatic N) is 1. The molecule has 11 heteroatoms. The van der Waals surface area contributed by atoms with Gasteiger partial charge in [0.1, 0.15) is 5.75 Å². The minimum atomic E-state index is -0.626. The van der Waals surface area contributed by atoms with Crippen molar-refractivity contribution in [2.45, 2.75) is 0 Å². The molecular formula is C25H21BrClN3O6. The van der Waals surface area contributed by atoms with Crippen molar-refractivity contribution in [3.05, 3.63) is 86.8 Å². The molecule has 3 aromatic rings. The highest BCUT2D eigenvalue weighted by Crippen LogP contribution is 2.29. The van der Waals surface area contributed by atoms with Gasteiger partial charge in [-0.2, -0.15) is 5.10 Å². The van der Waals surface area contributed by atoms with Crippen LogP contribution in [0.1, 0.15) is 26.3 Å². The molecule has 2 N–H and O–H groups in total. The van der Waals surface area contributed by atoms with Crippen molar-refractivity contribution >= 4 is 51.5 Å². The fourth-order valence-corrected chi connectivity index (χ4v) is 3.55. The summed E-state index contributed by atoms with van der Waals surface area (Å²) in [5.74, 6) is -0.609. The molecule has 0 saturated heterocycles. The number of halogens is 2. The third-order valence-corrected chi connectivity index (χ3v) is 5.54. The third kappa shape index (κ3) is 7.06. The smallest absolute Gasteiger partial charge is 0.343 e. The number of hydrogen-bond donors (Lipinski definition) is 2. The van der Waals surface area contributed by atoms with Crippen molar-refractivity contribution in [2.75, 3.05) is 20.8 Å². The van der Waals surface area contributed by atoms with Crippen LogP contribution in [0.3, 0.4) is 0 Å². The van der Waals surface area contributed by atoms with E-state index in [1.807, 2.05) is 0 Å². The Balaban J connectivity index is 1.63. The van der Waals surface area contributed by atoms with Crippen LogP contribution < -0.4 is 25.0 Å². The van der Waals surface area contributed by atoms with Gasteiger partial charge >= 0.3 is 5.97 Å². The molecule has 0 heterocycles. The quantitative estimate of drug-likeness (QED) is 0.171. The molecule has 3 rings (SSSR count). The van der Waals surface area contributed by atoms with E-state index in [2.05, 4.69) is 31.8 Å². The van der Waals surface area contributed by atoms with E-state index in [9.17, 15) is 14.4 Å². The fourth-order valence-electron chi connectivity index (χ4n) is 2.95. The highest BCUT2D eigenvalue weighted by molar-refractivity contribution is 9.10. The molecule has 36 heavy (non-hydrogen) atoms. The molecule has 9 nitrogen and oxygen atoms in total. The summed E-state index contributed by atoms with van der Waals surface area (Å²) in [6.45, 7) is -0.318. The number of nitrogens with one attached hydrogen (secondary N) is 2. The molecule has 2 amide bonds. The van der Waals surface area contributed by atoms with Crippen molar-refractivity contribution in [3.8, 4) is 17.2 Å². The summed E-state index contributed by atoms with van der Waals surface area (Å²) in [4.78, 5) is 36.9. The van der Waals surface area contributed by atoms with Crippen LogP contribution in [0, 0.1) is 0 Å². The lowest BCUT2D eigenvalue weighted by Crippen LogP contribution is -2.35. The van der Waals surface area contributed by atoms with Gasteiger partial charge in [0, 0.05) is 10.0 Å². The summed E-state index contributed by atoms with van der Waals surface area (Å²) in [5.41, 5.74) is 3.23. The number of ether oxygens (including phenoxy) is 3. The van der Waals surface area contributed by atoms with Gasteiger partial charge < -0.3 is 19.5 Å². The first-order valence-corrected chi connectivity index (χ1v) is 11.6. The number of amides is 2. The molecule has 0 aliphatic carbocycles. The van der Waals surface area contributed by atoms with Crippen molar-refractivity contribution in [3.63, 3.8) is 0 Å². The van der Waals surface area contributed by atoms with Crippen LogP contribution >= 0.6 is 27.5 Å². The van der Waals surface area contributed by atoms with Crippen LogP contribution in [0.2, 0.25) is 5.02 Å². The zero-order valence-corrected chi connectivity index (χ0v) is 21.6. The van der Waals surface area contributed by atoms with Gasteiger partial charge in [-0.15, -0.1) is 0 Å². The minimum Gasteiger partial charge on any atom is -0.493 e. The lowest BCUT2D eigenvalue weighted by molar-refractivity contribution is -0.120. The van der Waals surface area contributed by atoms with Gasteiger partial charge in [-0.1, -0.05) is 39.7 Å². The van der Waals surface area contributed by atoms with E-state index < -0.39 is 17.8 Å². The number of methoxy groups -OCH3 is 2. The second-order valence-corrected chi connectivity index (χ2v) is 8.42. The maximum Gasteiger partial charge on any atom is 0.343 e. The maximum absolute atomic E-state index is 12.7. The number of rotatable bonds is 9. The highest BCUT2D eigenvalue weighted by Gasteiger charge is 2.15. The average Bonchev–Trinajstić information content (AvgIpc) is 2.88. The normalized spacial score (nSPS) is 10.6. The molecule has 3 aromatic carbocycles. The Hall–Kier alpha value is -3.89. The van der Waals surface area contributed by atoms with Crippen LogP contribution in [-0.4, -0.2) is 44.8 Å². The lowest BCUT2D eigenvalue weighted by Gasteiger charge is -2.11. The van der Waals surface area contributed by atoms with Crippen molar-refractivity contribution in [1.82, 2.24) is 10.7 Å². The molecule has 0 fully saturated rings. The SMILES string of the molecule is COc1ccc(C(=O)Oc2ccc(Br)cc2C=NNC(=O)CNC(=O)c2ccccc2Cl)cc1OC. The summed E-state index contributed by atoms with van der Waals surface area (Å²) < 4.78 is 16.6. The average molecular weight is 575 g/mol.